The van der Waals surface area contributed by atoms with Gasteiger partial charge in [0.2, 0.25) is 0 Å². The fraction of sp³-hybridized carbons (Fsp3) is 0.500. The molecule has 1 heterocycles. The van der Waals surface area contributed by atoms with Crippen molar-refractivity contribution in [3.8, 4) is 5.75 Å². The molecule has 24 heavy (non-hydrogen) atoms. The van der Waals surface area contributed by atoms with E-state index >= 15 is 0 Å². The fourth-order valence-electron chi connectivity index (χ4n) is 2.58. The molecule has 1 fully saturated rings. The van der Waals surface area contributed by atoms with E-state index in [2.05, 4.69) is 5.32 Å². The summed E-state index contributed by atoms with van der Waals surface area (Å²) in [5.41, 5.74) is 0. The van der Waals surface area contributed by atoms with Gasteiger partial charge < -0.3 is 19.9 Å². The molecular formula is C16H19F2NO5. The molecule has 0 aromatic heterocycles. The third-order valence-corrected chi connectivity index (χ3v) is 3.92. The lowest BCUT2D eigenvalue weighted by Gasteiger charge is -2.27. The third kappa shape index (κ3) is 5.16. The number of hydrogen-bond acceptors (Lipinski definition) is 4. The highest BCUT2D eigenvalue weighted by Gasteiger charge is 2.30. The van der Waals surface area contributed by atoms with Crippen molar-refractivity contribution in [2.45, 2.75) is 12.8 Å². The van der Waals surface area contributed by atoms with Gasteiger partial charge in [0.05, 0.1) is 5.92 Å². The number of halogens is 2. The SMILES string of the molecule is O=C(COc1ccc(F)cc1F)NCC(C(=O)O)C1CCOCC1. The molecule has 132 valence electrons. The summed E-state index contributed by atoms with van der Waals surface area (Å²) in [6.07, 6.45) is 1.26. The van der Waals surface area contributed by atoms with Gasteiger partial charge >= 0.3 is 5.97 Å². The van der Waals surface area contributed by atoms with E-state index in [1.807, 2.05) is 0 Å². The lowest BCUT2D eigenvalue weighted by Crippen LogP contribution is -2.40. The van der Waals surface area contributed by atoms with Crippen molar-refractivity contribution in [1.29, 1.82) is 0 Å². The minimum Gasteiger partial charge on any atom is -0.481 e. The largest absolute Gasteiger partial charge is 0.481 e. The highest BCUT2D eigenvalue weighted by molar-refractivity contribution is 5.78. The highest BCUT2D eigenvalue weighted by Crippen LogP contribution is 2.23. The summed E-state index contributed by atoms with van der Waals surface area (Å²) in [6.45, 7) is 0.501. The first-order valence-corrected chi connectivity index (χ1v) is 7.62. The lowest BCUT2D eigenvalue weighted by atomic mass is 9.86. The van der Waals surface area contributed by atoms with Crippen LogP contribution in [0.25, 0.3) is 0 Å². The number of carboxylic acid groups (broad SMARTS) is 1. The fourth-order valence-corrected chi connectivity index (χ4v) is 2.58. The number of carbonyl (C=O) groups is 2. The van der Waals surface area contributed by atoms with Crippen molar-refractivity contribution >= 4 is 11.9 Å². The molecule has 0 bridgehead atoms. The van der Waals surface area contributed by atoms with E-state index in [4.69, 9.17) is 9.47 Å². The third-order valence-electron chi connectivity index (χ3n) is 3.92. The Kier molecular flexibility index (Phi) is 6.48. The summed E-state index contributed by atoms with van der Waals surface area (Å²) < 4.78 is 36.3. The quantitative estimate of drug-likeness (QED) is 0.785. The van der Waals surface area contributed by atoms with Crippen LogP contribution in [-0.4, -0.2) is 43.3 Å². The van der Waals surface area contributed by atoms with Crippen molar-refractivity contribution in [2.75, 3.05) is 26.4 Å². The maximum atomic E-state index is 13.4. The van der Waals surface area contributed by atoms with Crippen molar-refractivity contribution < 1.29 is 33.0 Å². The lowest BCUT2D eigenvalue weighted by molar-refractivity contribution is -0.145. The molecule has 2 N–H and O–H groups in total. The van der Waals surface area contributed by atoms with Crippen molar-refractivity contribution in [2.24, 2.45) is 11.8 Å². The normalized spacial score (nSPS) is 16.4. The molecule has 0 saturated carbocycles. The molecule has 1 amide bonds. The van der Waals surface area contributed by atoms with Crippen molar-refractivity contribution in [3.63, 3.8) is 0 Å². The van der Waals surface area contributed by atoms with Crippen LogP contribution < -0.4 is 10.1 Å². The maximum Gasteiger partial charge on any atom is 0.308 e. The van der Waals surface area contributed by atoms with Gasteiger partial charge in [0, 0.05) is 25.8 Å². The van der Waals surface area contributed by atoms with Gasteiger partial charge in [-0.05, 0) is 30.9 Å². The zero-order chi connectivity index (χ0) is 17.5. The molecule has 0 radical (unpaired) electrons. The van der Waals surface area contributed by atoms with Gasteiger partial charge in [-0.1, -0.05) is 0 Å². The van der Waals surface area contributed by atoms with E-state index in [1.165, 1.54) is 0 Å². The Labute approximate surface area is 137 Å². The van der Waals surface area contributed by atoms with Gasteiger partial charge in [0.15, 0.2) is 18.2 Å². The molecule has 1 unspecified atom stereocenters. The van der Waals surface area contributed by atoms with Crippen LogP contribution >= 0.6 is 0 Å². The van der Waals surface area contributed by atoms with Gasteiger partial charge in [-0.3, -0.25) is 9.59 Å². The monoisotopic (exact) mass is 343 g/mol. The van der Waals surface area contributed by atoms with Crippen LogP contribution in [0.2, 0.25) is 0 Å². The Balaban J connectivity index is 1.81. The topological polar surface area (TPSA) is 84.9 Å². The number of benzene rings is 1. The number of hydrogen-bond donors (Lipinski definition) is 2. The average molecular weight is 343 g/mol. The molecule has 1 aromatic rings. The number of rotatable bonds is 7. The summed E-state index contributed by atoms with van der Waals surface area (Å²) in [7, 11) is 0. The van der Waals surface area contributed by atoms with Gasteiger partial charge in [-0.15, -0.1) is 0 Å². The summed E-state index contributed by atoms with van der Waals surface area (Å²) in [4.78, 5) is 23.1. The first-order valence-electron chi connectivity index (χ1n) is 7.62. The molecule has 6 nitrogen and oxygen atoms in total. The minimum atomic E-state index is -0.979. The second kappa shape index (κ2) is 8.58. The number of amides is 1. The first-order chi connectivity index (χ1) is 11.5. The molecule has 0 aliphatic carbocycles. The number of carboxylic acids is 1. The smallest absolute Gasteiger partial charge is 0.308 e. The Bertz CT molecular complexity index is 590. The summed E-state index contributed by atoms with van der Waals surface area (Å²) in [5.74, 6) is -4.22. The molecule has 1 aromatic carbocycles. The number of ether oxygens (including phenoxy) is 2. The molecule has 2 rings (SSSR count). The van der Waals surface area contributed by atoms with E-state index < -0.39 is 36.0 Å². The standard InChI is InChI=1S/C16H19F2NO5/c17-11-1-2-14(13(18)7-11)24-9-15(20)19-8-12(16(21)22)10-3-5-23-6-4-10/h1-2,7,10,12H,3-6,8-9H2,(H,19,20)(H,21,22). The number of nitrogens with one attached hydrogen (secondary N) is 1. The van der Waals surface area contributed by atoms with Gasteiger partial charge in [-0.25, -0.2) is 8.78 Å². The maximum absolute atomic E-state index is 13.4. The van der Waals surface area contributed by atoms with Crippen LogP contribution in [0.15, 0.2) is 18.2 Å². The predicted octanol–water partition coefficient (Wildman–Crippen LogP) is 1.59. The molecule has 8 heteroatoms. The average Bonchev–Trinajstić information content (AvgIpc) is 2.55. The summed E-state index contributed by atoms with van der Waals surface area (Å²) in [6, 6.07) is 2.75. The molecule has 1 aliphatic heterocycles. The second-order valence-corrected chi connectivity index (χ2v) is 5.56. The van der Waals surface area contributed by atoms with E-state index in [1.54, 1.807) is 0 Å². The molecular weight excluding hydrogens is 324 g/mol. The van der Waals surface area contributed by atoms with Crippen LogP contribution in [0.5, 0.6) is 5.75 Å². The van der Waals surface area contributed by atoms with E-state index in [0.29, 0.717) is 32.1 Å². The van der Waals surface area contributed by atoms with Crippen molar-refractivity contribution in [1.82, 2.24) is 5.32 Å². The molecule has 0 spiro atoms. The Morgan fingerprint density at radius 1 is 1.33 bits per heavy atom. The van der Waals surface area contributed by atoms with E-state index in [-0.39, 0.29) is 18.2 Å². The van der Waals surface area contributed by atoms with Crippen LogP contribution in [0.3, 0.4) is 0 Å². The first kappa shape index (κ1) is 18.1. The highest BCUT2D eigenvalue weighted by atomic mass is 19.1. The number of carbonyl (C=O) groups excluding carboxylic acids is 1. The summed E-state index contributed by atoms with van der Waals surface area (Å²) >= 11 is 0. The summed E-state index contributed by atoms with van der Waals surface area (Å²) in [5, 5.41) is 11.8. The Morgan fingerprint density at radius 2 is 2.04 bits per heavy atom. The molecule has 1 saturated heterocycles. The van der Waals surface area contributed by atoms with Gasteiger partial charge in [0.25, 0.3) is 5.91 Å². The van der Waals surface area contributed by atoms with Crippen LogP contribution in [0.4, 0.5) is 8.78 Å². The van der Waals surface area contributed by atoms with Crippen molar-refractivity contribution in [3.05, 3.63) is 29.8 Å². The van der Waals surface area contributed by atoms with E-state index in [0.717, 1.165) is 12.1 Å². The molecule has 1 aliphatic rings. The van der Waals surface area contributed by atoms with Crippen LogP contribution in [0.1, 0.15) is 12.8 Å². The van der Waals surface area contributed by atoms with Gasteiger partial charge in [-0.2, -0.15) is 0 Å². The minimum absolute atomic E-state index is 0.0336. The van der Waals surface area contributed by atoms with Crippen LogP contribution in [0, 0.1) is 23.5 Å². The second-order valence-electron chi connectivity index (χ2n) is 5.56. The Morgan fingerprint density at radius 3 is 2.67 bits per heavy atom. The van der Waals surface area contributed by atoms with E-state index in [9.17, 15) is 23.5 Å². The predicted molar refractivity (Wildman–Crippen MR) is 79.5 cm³/mol. The van der Waals surface area contributed by atoms with Gasteiger partial charge in [0.1, 0.15) is 5.82 Å². The Hall–Kier alpha value is -2.22. The van der Waals surface area contributed by atoms with Crippen LogP contribution in [-0.2, 0) is 14.3 Å². The molecule has 1 atom stereocenters. The number of aliphatic carboxylic acids is 1. The zero-order valence-electron chi connectivity index (χ0n) is 13.0. The zero-order valence-corrected chi connectivity index (χ0v) is 13.0.